The summed E-state index contributed by atoms with van der Waals surface area (Å²) in [6.07, 6.45) is -3.58. The monoisotopic (exact) mass is 615 g/mol. The van der Waals surface area contributed by atoms with Crippen LogP contribution in [0.5, 0.6) is 0 Å². The summed E-state index contributed by atoms with van der Waals surface area (Å²) in [7, 11) is -4.07. The van der Waals surface area contributed by atoms with Gasteiger partial charge in [-0.05, 0) is 47.5 Å². The van der Waals surface area contributed by atoms with Crippen LogP contribution in [0.25, 0.3) is 22.3 Å². The SMILES string of the molecule is O=c1c2cc(Cl)ccc2nc(-c2cccc(CSCCS(=O)(=O)O)c2)n1N=Cc1ccc(Cl)c(C(F)(F)F)c1. The predicted octanol–water partition coefficient (Wildman–Crippen LogP) is 6.39. The van der Waals surface area contributed by atoms with Crippen molar-refractivity contribution in [1.82, 2.24) is 9.66 Å². The third-order valence-corrected chi connectivity index (χ3v) is 7.94. The first kappa shape index (κ1) is 29.1. The number of thioether (sulfide) groups is 1. The van der Waals surface area contributed by atoms with Gasteiger partial charge >= 0.3 is 6.18 Å². The number of fused-ring (bicyclic) bond motifs is 1. The average molecular weight is 616 g/mol. The Bertz CT molecular complexity index is 1740. The van der Waals surface area contributed by atoms with Gasteiger partial charge in [-0.1, -0.05) is 47.5 Å². The molecule has 0 saturated heterocycles. The van der Waals surface area contributed by atoms with E-state index in [4.69, 9.17) is 27.8 Å². The van der Waals surface area contributed by atoms with E-state index in [0.29, 0.717) is 21.9 Å². The maximum absolute atomic E-state index is 13.4. The van der Waals surface area contributed by atoms with Gasteiger partial charge < -0.3 is 0 Å². The minimum absolute atomic E-state index is 0.0553. The second-order valence-electron chi connectivity index (χ2n) is 8.23. The Kier molecular flexibility index (Phi) is 8.72. The molecule has 0 saturated carbocycles. The van der Waals surface area contributed by atoms with Crippen molar-refractivity contribution in [3.8, 4) is 11.4 Å². The molecule has 204 valence electrons. The molecule has 1 N–H and O–H groups in total. The molecule has 4 aromatic rings. The smallest absolute Gasteiger partial charge is 0.286 e. The van der Waals surface area contributed by atoms with Crippen LogP contribution in [0.4, 0.5) is 13.2 Å². The zero-order chi connectivity index (χ0) is 28.4. The van der Waals surface area contributed by atoms with E-state index in [2.05, 4.69) is 10.1 Å². The highest BCUT2D eigenvalue weighted by atomic mass is 35.5. The molecular weight excluding hydrogens is 598 g/mol. The fourth-order valence-corrected chi connectivity index (χ4v) is 5.83. The van der Waals surface area contributed by atoms with Gasteiger partial charge in [0.15, 0.2) is 5.82 Å². The van der Waals surface area contributed by atoms with E-state index in [1.54, 1.807) is 36.4 Å². The highest BCUT2D eigenvalue weighted by Gasteiger charge is 2.33. The minimum atomic E-state index is -4.68. The molecule has 0 amide bonds. The van der Waals surface area contributed by atoms with Crippen LogP contribution in [0.2, 0.25) is 10.0 Å². The lowest BCUT2D eigenvalue weighted by Crippen LogP contribution is -2.20. The Balaban J connectivity index is 1.77. The molecule has 7 nitrogen and oxygen atoms in total. The summed E-state index contributed by atoms with van der Waals surface area (Å²) in [5, 5.41) is 4.17. The first-order valence-corrected chi connectivity index (χ1v) is 14.6. The second-order valence-corrected chi connectivity index (χ2v) is 11.8. The quantitative estimate of drug-likeness (QED) is 0.140. The molecule has 1 heterocycles. The molecule has 0 atom stereocenters. The second kappa shape index (κ2) is 11.7. The molecule has 3 aromatic carbocycles. The van der Waals surface area contributed by atoms with Crippen molar-refractivity contribution in [2.24, 2.45) is 5.10 Å². The molecule has 0 bridgehead atoms. The number of hydrogen-bond donors (Lipinski definition) is 1. The summed E-state index contributed by atoms with van der Waals surface area (Å²) in [6.45, 7) is 0. The van der Waals surface area contributed by atoms with E-state index >= 15 is 0 Å². The molecule has 39 heavy (non-hydrogen) atoms. The number of benzene rings is 3. The normalized spacial score (nSPS) is 12.5. The van der Waals surface area contributed by atoms with E-state index < -0.39 is 32.4 Å². The Morgan fingerprint density at radius 1 is 1.08 bits per heavy atom. The summed E-state index contributed by atoms with van der Waals surface area (Å²) in [4.78, 5) is 18.0. The Morgan fingerprint density at radius 3 is 2.56 bits per heavy atom. The van der Waals surface area contributed by atoms with Crippen LogP contribution in [-0.4, -0.2) is 40.4 Å². The number of halogens is 5. The van der Waals surface area contributed by atoms with Gasteiger partial charge in [0.05, 0.1) is 33.5 Å². The van der Waals surface area contributed by atoms with Gasteiger partial charge in [0.2, 0.25) is 0 Å². The molecule has 0 radical (unpaired) electrons. The molecule has 14 heteroatoms. The van der Waals surface area contributed by atoms with E-state index in [1.165, 1.54) is 23.9 Å². The number of hydrogen-bond acceptors (Lipinski definition) is 6. The van der Waals surface area contributed by atoms with E-state index in [0.717, 1.165) is 28.6 Å². The van der Waals surface area contributed by atoms with Crippen LogP contribution >= 0.6 is 35.0 Å². The van der Waals surface area contributed by atoms with Crippen molar-refractivity contribution >= 4 is 62.2 Å². The number of rotatable bonds is 8. The number of alkyl halides is 3. The lowest BCUT2D eigenvalue weighted by atomic mass is 10.1. The highest BCUT2D eigenvalue weighted by molar-refractivity contribution is 7.99. The first-order valence-electron chi connectivity index (χ1n) is 11.1. The topological polar surface area (TPSA) is 102 Å². The third-order valence-electron chi connectivity index (χ3n) is 5.37. The van der Waals surface area contributed by atoms with Crippen LogP contribution in [0.15, 0.2) is 70.6 Å². The lowest BCUT2D eigenvalue weighted by Gasteiger charge is -2.12. The van der Waals surface area contributed by atoms with Crippen molar-refractivity contribution in [2.45, 2.75) is 11.9 Å². The largest absolute Gasteiger partial charge is 0.417 e. The fraction of sp³-hybridized carbons (Fsp3) is 0.160. The van der Waals surface area contributed by atoms with Gasteiger partial charge in [-0.3, -0.25) is 9.35 Å². The summed E-state index contributed by atoms with van der Waals surface area (Å²) < 4.78 is 71.7. The molecule has 0 unspecified atom stereocenters. The molecule has 1 aromatic heterocycles. The third kappa shape index (κ3) is 7.40. The molecule has 0 aliphatic heterocycles. The number of nitrogens with zero attached hydrogens (tertiary/aromatic N) is 3. The average Bonchev–Trinajstić information content (AvgIpc) is 2.86. The summed E-state index contributed by atoms with van der Waals surface area (Å²) in [5.74, 6) is 0.320. The molecule has 4 rings (SSSR count). The Morgan fingerprint density at radius 2 is 1.85 bits per heavy atom. The van der Waals surface area contributed by atoms with Crippen molar-refractivity contribution in [3.05, 3.63) is 97.8 Å². The fourth-order valence-electron chi connectivity index (χ4n) is 3.56. The van der Waals surface area contributed by atoms with Crippen LogP contribution in [0.3, 0.4) is 0 Å². The Hall–Kier alpha value is -2.90. The van der Waals surface area contributed by atoms with Crippen LogP contribution in [0.1, 0.15) is 16.7 Å². The van der Waals surface area contributed by atoms with E-state index in [-0.39, 0.29) is 28.3 Å². The first-order chi connectivity index (χ1) is 18.3. The van der Waals surface area contributed by atoms with Crippen molar-refractivity contribution < 1.29 is 26.1 Å². The summed E-state index contributed by atoms with van der Waals surface area (Å²) >= 11 is 13.1. The van der Waals surface area contributed by atoms with Crippen LogP contribution in [0, 0.1) is 0 Å². The standard InChI is InChI=1S/C25H18Cl2F3N3O4S2/c26-18-5-7-22-19(12-18)24(34)33(31-13-15-4-6-21(27)20(11-15)25(28,29)30)23(32-22)17-3-1-2-16(10-17)14-38-8-9-39(35,36)37/h1-7,10-13H,8-9,14H2,(H,35,36,37). The lowest BCUT2D eigenvalue weighted by molar-refractivity contribution is -0.137. The zero-order valence-electron chi connectivity index (χ0n) is 19.7. The summed E-state index contributed by atoms with van der Waals surface area (Å²) in [5.41, 5.74) is 0.0294. The van der Waals surface area contributed by atoms with Crippen LogP contribution < -0.4 is 5.56 Å². The van der Waals surface area contributed by atoms with Gasteiger partial charge in [-0.15, -0.1) is 0 Å². The van der Waals surface area contributed by atoms with E-state index in [9.17, 15) is 26.4 Å². The van der Waals surface area contributed by atoms with Gasteiger partial charge in [0.1, 0.15) is 0 Å². The molecule has 0 fully saturated rings. The maximum Gasteiger partial charge on any atom is 0.417 e. The number of aromatic nitrogens is 2. The molecular formula is C25H18Cl2F3N3O4S2. The minimum Gasteiger partial charge on any atom is -0.286 e. The molecule has 0 aliphatic carbocycles. The van der Waals surface area contributed by atoms with Crippen molar-refractivity contribution in [2.75, 3.05) is 11.5 Å². The van der Waals surface area contributed by atoms with E-state index in [1.807, 2.05) is 0 Å². The maximum atomic E-state index is 13.4. The zero-order valence-corrected chi connectivity index (χ0v) is 22.8. The Labute approximate surface area is 235 Å². The van der Waals surface area contributed by atoms with Crippen molar-refractivity contribution in [3.63, 3.8) is 0 Å². The summed E-state index contributed by atoms with van der Waals surface area (Å²) in [6, 6.07) is 14.8. The van der Waals surface area contributed by atoms with Gasteiger partial charge in [-0.25, -0.2) is 4.98 Å². The van der Waals surface area contributed by atoms with Gasteiger partial charge in [-0.2, -0.15) is 43.1 Å². The van der Waals surface area contributed by atoms with Gasteiger partial charge in [0, 0.05) is 22.1 Å². The molecule has 0 aliphatic rings. The molecule has 0 spiro atoms. The van der Waals surface area contributed by atoms with Gasteiger partial charge in [0.25, 0.3) is 15.7 Å². The highest BCUT2D eigenvalue weighted by Crippen LogP contribution is 2.35. The predicted molar refractivity (Wildman–Crippen MR) is 148 cm³/mol. The van der Waals surface area contributed by atoms with Crippen molar-refractivity contribution in [1.29, 1.82) is 0 Å². The van der Waals surface area contributed by atoms with Crippen LogP contribution in [-0.2, 0) is 22.0 Å².